The lowest BCUT2D eigenvalue weighted by molar-refractivity contribution is -0.118. The molecule has 0 atom stereocenters. The molecule has 144 valence electrons. The van der Waals surface area contributed by atoms with Gasteiger partial charge in [0.05, 0.1) is 13.7 Å². The highest BCUT2D eigenvalue weighted by atomic mass is 16.5. The molecule has 0 fully saturated rings. The third kappa shape index (κ3) is 7.27. The van der Waals surface area contributed by atoms with E-state index in [2.05, 4.69) is 10.6 Å². The highest BCUT2D eigenvalue weighted by molar-refractivity contribution is 5.93. The number of nitrogens with one attached hydrogen (secondary N) is 2. The number of carbonyl (C=O) groups excluding carboxylic acids is 2. The molecule has 2 amide bonds. The second-order valence-electron chi connectivity index (χ2n) is 6.21. The predicted octanol–water partition coefficient (Wildman–Crippen LogP) is 3.92. The van der Waals surface area contributed by atoms with Crippen molar-refractivity contribution in [2.75, 3.05) is 31.0 Å². The number of benzene rings is 2. The summed E-state index contributed by atoms with van der Waals surface area (Å²) in [6, 6.07) is 13.7. The first-order valence-corrected chi connectivity index (χ1v) is 8.57. The molecule has 27 heavy (non-hydrogen) atoms. The summed E-state index contributed by atoms with van der Waals surface area (Å²) >= 11 is 0. The normalized spacial score (nSPS) is 10.2. The third-order valence-electron chi connectivity index (χ3n) is 3.37. The fourth-order valence-corrected chi connectivity index (χ4v) is 2.09. The van der Waals surface area contributed by atoms with Gasteiger partial charge in [-0.15, -0.1) is 0 Å². The minimum atomic E-state index is -0.532. The summed E-state index contributed by atoms with van der Waals surface area (Å²) in [5, 5.41) is 5.34. The second-order valence-corrected chi connectivity index (χ2v) is 6.21. The molecule has 0 aromatic heterocycles. The molecule has 2 aromatic carbocycles. The molecule has 7 nitrogen and oxygen atoms in total. The van der Waals surface area contributed by atoms with Crippen molar-refractivity contribution in [1.29, 1.82) is 0 Å². The summed E-state index contributed by atoms with van der Waals surface area (Å²) in [7, 11) is 1.58. The molecule has 0 aliphatic rings. The minimum Gasteiger partial charge on any atom is -0.497 e. The highest BCUT2D eigenvalue weighted by Crippen LogP contribution is 2.18. The van der Waals surface area contributed by atoms with Crippen molar-refractivity contribution in [1.82, 2.24) is 0 Å². The molecule has 7 heteroatoms. The van der Waals surface area contributed by atoms with Gasteiger partial charge in [0.15, 0.2) is 6.61 Å². The molecule has 0 heterocycles. The number of methoxy groups -OCH3 is 1. The lowest BCUT2D eigenvalue weighted by Crippen LogP contribution is -2.20. The van der Waals surface area contributed by atoms with Crippen LogP contribution in [0, 0.1) is 5.92 Å². The summed E-state index contributed by atoms with van der Waals surface area (Å²) in [4.78, 5) is 23.8. The Labute approximate surface area is 158 Å². The van der Waals surface area contributed by atoms with E-state index < -0.39 is 6.09 Å². The summed E-state index contributed by atoms with van der Waals surface area (Å²) in [6.07, 6.45) is -0.532. The number of anilines is 2. The molecule has 2 N–H and O–H groups in total. The van der Waals surface area contributed by atoms with Crippen molar-refractivity contribution in [3.63, 3.8) is 0 Å². The van der Waals surface area contributed by atoms with E-state index in [9.17, 15) is 9.59 Å². The van der Waals surface area contributed by atoms with Crippen LogP contribution in [-0.4, -0.2) is 32.3 Å². The maximum Gasteiger partial charge on any atom is 0.411 e. The van der Waals surface area contributed by atoms with Gasteiger partial charge in [0.2, 0.25) is 0 Å². The van der Waals surface area contributed by atoms with E-state index >= 15 is 0 Å². The molecule has 0 unspecified atom stereocenters. The van der Waals surface area contributed by atoms with Gasteiger partial charge in [0.1, 0.15) is 11.5 Å². The monoisotopic (exact) mass is 372 g/mol. The van der Waals surface area contributed by atoms with Crippen molar-refractivity contribution >= 4 is 23.4 Å². The molecular weight excluding hydrogens is 348 g/mol. The first-order valence-electron chi connectivity index (χ1n) is 8.57. The average molecular weight is 372 g/mol. The molecule has 0 aliphatic heterocycles. The Hall–Kier alpha value is -3.22. The number of ether oxygens (including phenoxy) is 3. The van der Waals surface area contributed by atoms with Crippen molar-refractivity contribution in [3.05, 3.63) is 48.5 Å². The number of hydrogen-bond acceptors (Lipinski definition) is 5. The van der Waals surface area contributed by atoms with Crippen LogP contribution in [-0.2, 0) is 9.53 Å². The first kappa shape index (κ1) is 20.1. The van der Waals surface area contributed by atoms with Gasteiger partial charge in [-0.2, -0.15) is 0 Å². The Morgan fingerprint density at radius 1 is 0.963 bits per heavy atom. The van der Waals surface area contributed by atoms with Gasteiger partial charge in [-0.25, -0.2) is 4.79 Å². The fraction of sp³-hybridized carbons (Fsp3) is 0.300. The van der Waals surface area contributed by atoms with Gasteiger partial charge < -0.3 is 19.5 Å². The second kappa shape index (κ2) is 10.1. The van der Waals surface area contributed by atoms with E-state index in [0.29, 0.717) is 29.5 Å². The fourth-order valence-electron chi connectivity index (χ4n) is 2.09. The molecule has 0 aliphatic carbocycles. The van der Waals surface area contributed by atoms with E-state index in [1.54, 1.807) is 55.6 Å². The molecule has 2 aromatic rings. The van der Waals surface area contributed by atoms with Crippen LogP contribution in [0.4, 0.5) is 16.2 Å². The molecular formula is C20H24N2O5. The Balaban J connectivity index is 1.83. The summed E-state index contributed by atoms with van der Waals surface area (Å²) in [5.74, 6) is 1.22. The summed E-state index contributed by atoms with van der Waals surface area (Å²) < 4.78 is 15.6. The largest absolute Gasteiger partial charge is 0.497 e. The lowest BCUT2D eigenvalue weighted by atomic mass is 10.2. The lowest BCUT2D eigenvalue weighted by Gasteiger charge is -2.11. The zero-order valence-corrected chi connectivity index (χ0v) is 15.7. The van der Waals surface area contributed by atoms with E-state index in [4.69, 9.17) is 14.2 Å². The van der Waals surface area contributed by atoms with E-state index in [1.807, 2.05) is 13.8 Å². The zero-order valence-electron chi connectivity index (χ0n) is 15.7. The van der Waals surface area contributed by atoms with Gasteiger partial charge >= 0.3 is 6.09 Å². The average Bonchev–Trinajstić information content (AvgIpc) is 2.65. The Bertz CT molecular complexity index is 759. The van der Waals surface area contributed by atoms with Gasteiger partial charge in [-0.1, -0.05) is 19.9 Å². The summed E-state index contributed by atoms with van der Waals surface area (Å²) in [5.41, 5.74) is 1.07. The quantitative estimate of drug-likeness (QED) is 0.734. The topological polar surface area (TPSA) is 85.9 Å². The van der Waals surface area contributed by atoms with Crippen LogP contribution >= 0.6 is 0 Å². The SMILES string of the molecule is COc1ccc(OCC(=O)Nc2cccc(NC(=O)OCC(C)C)c2)cc1. The number of rotatable bonds is 8. The Morgan fingerprint density at radius 3 is 2.22 bits per heavy atom. The first-order chi connectivity index (χ1) is 13.0. The summed E-state index contributed by atoms with van der Waals surface area (Å²) in [6.45, 7) is 4.11. The van der Waals surface area contributed by atoms with Gasteiger partial charge in [0.25, 0.3) is 5.91 Å². The van der Waals surface area contributed by atoms with Crippen molar-refractivity contribution in [2.45, 2.75) is 13.8 Å². The molecule has 0 bridgehead atoms. The molecule has 0 radical (unpaired) electrons. The van der Waals surface area contributed by atoms with Gasteiger partial charge in [-0.3, -0.25) is 10.1 Å². The molecule has 0 saturated heterocycles. The van der Waals surface area contributed by atoms with Crippen LogP contribution < -0.4 is 20.1 Å². The third-order valence-corrected chi connectivity index (χ3v) is 3.37. The number of hydrogen-bond donors (Lipinski definition) is 2. The van der Waals surface area contributed by atoms with E-state index in [-0.39, 0.29) is 18.4 Å². The Morgan fingerprint density at radius 2 is 1.59 bits per heavy atom. The minimum absolute atomic E-state index is 0.138. The number of carbonyl (C=O) groups is 2. The van der Waals surface area contributed by atoms with Crippen molar-refractivity contribution in [2.24, 2.45) is 5.92 Å². The van der Waals surface area contributed by atoms with Crippen molar-refractivity contribution in [3.8, 4) is 11.5 Å². The number of amides is 2. The molecule has 0 saturated carbocycles. The van der Waals surface area contributed by atoms with Crippen LogP contribution in [0.15, 0.2) is 48.5 Å². The molecule has 2 rings (SSSR count). The molecule has 0 spiro atoms. The van der Waals surface area contributed by atoms with Crippen LogP contribution in [0.2, 0.25) is 0 Å². The maximum absolute atomic E-state index is 12.0. The smallest absolute Gasteiger partial charge is 0.411 e. The van der Waals surface area contributed by atoms with Crippen molar-refractivity contribution < 1.29 is 23.8 Å². The maximum atomic E-state index is 12.0. The highest BCUT2D eigenvalue weighted by Gasteiger charge is 2.07. The van der Waals surface area contributed by atoms with E-state index in [1.165, 1.54) is 0 Å². The standard InChI is InChI=1S/C20H24N2O5/c1-14(2)12-27-20(24)22-16-6-4-5-15(11-16)21-19(23)13-26-18-9-7-17(25-3)8-10-18/h4-11,14H,12-13H2,1-3H3,(H,21,23)(H,22,24). The predicted molar refractivity (Wildman–Crippen MR) is 103 cm³/mol. The zero-order chi connectivity index (χ0) is 19.6. The van der Waals surface area contributed by atoms with Crippen LogP contribution in [0.25, 0.3) is 0 Å². The van der Waals surface area contributed by atoms with E-state index in [0.717, 1.165) is 0 Å². The van der Waals surface area contributed by atoms with Gasteiger partial charge in [0, 0.05) is 11.4 Å². The van der Waals surface area contributed by atoms with Gasteiger partial charge in [-0.05, 0) is 48.4 Å². The van der Waals surface area contributed by atoms with Crippen LogP contribution in [0.3, 0.4) is 0 Å². The van der Waals surface area contributed by atoms with Crippen LogP contribution in [0.5, 0.6) is 11.5 Å². The van der Waals surface area contributed by atoms with Crippen LogP contribution in [0.1, 0.15) is 13.8 Å². The Kier molecular flexibility index (Phi) is 7.49.